The lowest BCUT2D eigenvalue weighted by molar-refractivity contribution is -0.118. The Balaban J connectivity index is 1.75. The van der Waals surface area contributed by atoms with Gasteiger partial charge in [-0.05, 0) is 55.0 Å². The number of hydrogen-bond donors (Lipinski definition) is 2. The van der Waals surface area contributed by atoms with E-state index >= 15 is 0 Å². The Morgan fingerprint density at radius 3 is 2.47 bits per heavy atom. The van der Waals surface area contributed by atoms with Crippen molar-refractivity contribution in [3.05, 3.63) is 94.5 Å². The third kappa shape index (κ3) is 6.21. The molecular formula is C25H20ClN3O3. The summed E-state index contributed by atoms with van der Waals surface area (Å²) < 4.78 is 5.65. The van der Waals surface area contributed by atoms with E-state index in [1.165, 1.54) is 6.08 Å². The molecule has 3 rings (SSSR count). The molecule has 0 heterocycles. The summed E-state index contributed by atoms with van der Waals surface area (Å²) >= 11 is 6.09. The first-order valence-electron chi connectivity index (χ1n) is 9.72. The quantitative estimate of drug-likeness (QED) is 0.385. The molecule has 0 fully saturated rings. The Labute approximate surface area is 191 Å². The number of benzene rings is 3. The van der Waals surface area contributed by atoms with E-state index in [0.717, 1.165) is 5.56 Å². The number of amides is 2. The number of ether oxygens (including phenoxy) is 1. The van der Waals surface area contributed by atoms with E-state index in [1.54, 1.807) is 48.5 Å². The van der Waals surface area contributed by atoms with Crippen LogP contribution in [0.4, 0.5) is 11.4 Å². The molecule has 0 bridgehead atoms. The van der Waals surface area contributed by atoms with Crippen molar-refractivity contribution in [2.45, 2.75) is 6.92 Å². The maximum Gasteiger partial charge on any atom is 0.266 e. The molecule has 0 atom stereocenters. The lowest BCUT2D eigenvalue weighted by Gasteiger charge is -2.12. The van der Waals surface area contributed by atoms with Gasteiger partial charge in [0.2, 0.25) is 0 Å². The summed E-state index contributed by atoms with van der Waals surface area (Å²) in [6.07, 6.45) is 1.37. The molecule has 0 aliphatic heterocycles. The molecule has 32 heavy (non-hydrogen) atoms. The van der Waals surface area contributed by atoms with Gasteiger partial charge in [-0.1, -0.05) is 48.0 Å². The molecule has 0 saturated heterocycles. The number of aryl methyl sites for hydroxylation is 1. The van der Waals surface area contributed by atoms with Gasteiger partial charge in [0, 0.05) is 22.0 Å². The number of carbonyl (C=O) groups is 2. The van der Waals surface area contributed by atoms with Crippen molar-refractivity contribution in [3.8, 4) is 11.8 Å². The number of anilines is 2. The second-order valence-electron chi connectivity index (χ2n) is 6.82. The smallest absolute Gasteiger partial charge is 0.266 e. The van der Waals surface area contributed by atoms with Gasteiger partial charge in [-0.15, -0.1) is 0 Å². The van der Waals surface area contributed by atoms with Gasteiger partial charge in [-0.2, -0.15) is 5.26 Å². The minimum absolute atomic E-state index is 0.134. The molecule has 3 aromatic carbocycles. The number of nitriles is 1. The first-order valence-corrected chi connectivity index (χ1v) is 10.1. The molecule has 0 aromatic heterocycles. The molecule has 160 valence electrons. The van der Waals surface area contributed by atoms with Crippen LogP contribution in [0.3, 0.4) is 0 Å². The van der Waals surface area contributed by atoms with Gasteiger partial charge in [0.25, 0.3) is 11.8 Å². The highest BCUT2D eigenvalue weighted by molar-refractivity contribution is 6.30. The van der Waals surface area contributed by atoms with E-state index in [0.29, 0.717) is 27.7 Å². The summed E-state index contributed by atoms with van der Waals surface area (Å²) in [5, 5.41) is 15.3. The summed E-state index contributed by atoms with van der Waals surface area (Å²) in [6, 6.07) is 22.8. The van der Waals surface area contributed by atoms with Crippen molar-refractivity contribution in [1.82, 2.24) is 0 Å². The molecule has 0 aliphatic carbocycles. The number of nitrogens with one attached hydrogen (secondary N) is 2. The van der Waals surface area contributed by atoms with Crippen molar-refractivity contribution in [1.29, 1.82) is 5.26 Å². The second-order valence-corrected chi connectivity index (χ2v) is 7.26. The van der Waals surface area contributed by atoms with E-state index in [9.17, 15) is 14.9 Å². The highest BCUT2D eigenvalue weighted by atomic mass is 35.5. The van der Waals surface area contributed by atoms with Gasteiger partial charge in [0.05, 0.1) is 0 Å². The summed E-state index contributed by atoms with van der Waals surface area (Å²) in [5.74, 6) is -0.594. The van der Waals surface area contributed by atoms with Crippen molar-refractivity contribution in [2.24, 2.45) is 0 Å². The minimum atomic E-state index is -0.568. The molecule has 0 spiro atoms. The van der Waals surface area contributed by atoms with Crippen LogP contribution in [0, 0.1) is 18.3 Å². The molecule has 0 radical (unpaired) electrons. The molecule has 6 nitrogen and oxygen atoms in total. The monoisotopic (exact) mass is 445 g/mol. The largest absolute Gasteiger partial charge is 0.483 e. The van der Waals surface area contributed by atoms with Crippen LogP contribution in [-0.2, 0) is 9.59 Å². The third-order valence-electron chi connectivity index (χ3n) is 4.45. The topological polar surface area (TPSA) is 91.2 Å². The van der Waals surface area contributed by atoms with E-state index in [-0.39, 0.29) is 18.1 Å². The fraction of sp³-hybridized carbons (Fsp3) is 0.0800. The standard InChI is InChI=1S/C25H20ClN3O3/c1-17-7-5-6-10-22(17)29-24(30)16-32-23-12-11-20(26)14-18(23)13-19(15-27)25(31)28-21-8-3-2-4-9-21/h2-14H,16H2,1H3,(H,28,31)(H,29,30)/b19-13+. The van der Waals surface area contributed by atoms with Gasteiger partial charge in [0.15, 0.2) is 6.61 Å². The van der Waals surface area contributed by atoms with Crippen LogP contribution >= 0.6 is 11.6 Å². The molecule has 2 N–H and O–H groups in total. The van der Waals surface area contributed by atoms with Crippen molar-refractivity contribution in [3.63, 3.8) is 0 Å². The van der Waals surface area contributed by atoms with Crippen LogP contribution in [0.5, 0.6) is 5.75 Å². The van der Waals surface area contributed by atoms with E-state index in [4.69, 9.17) is 16.3 Å². The first kappa shape index (κ1) is 22.6. The highest BCUT2D eigenvalue weighted by Crippen LogP contribution is 2.26. The van der Waals surface area contributed by atoms with Gasteiger partial charge >= 0.3 is 0 Å². The molecule has 0 aliphatic rings. The van der Waals surface area contributed by atoms with Crippen molar-refractivity contribution in [2.75, 3.05) is 17.2 Å². The zero-order valence-corrected chi connectivity index (χ0v) is 18.0. The second kappa shape index (κ2) is 10.8. The maximum atomic E-state index is 12.5. The summed E-state index contributed by atoms with van der Waals surface area (Å²) in [6.45, 7) is 1.64. The number of rotatable bonds is 7. The van der Waals surface area contributed by atoms with Crippen molar-refractivity contribution >= 4 is 40.9 Å². The Morgan fingerprint density at radius 2 is 1.75 bits per heavy atom. The molecule has 7 heteroatoms. The van der Waals surface area contributed by atoms with E-state index in [2.05, 4.69) is 10.6 Å². The maximum absolute atomic E-state index is 12.5. The molecule has 0 saturated carbocycles. The number of hydrogen-bond acceptors (Lipinski definition) is 4. The fourth-order valence-electron chi connectivity index (χ4n) is 2.83. The van der Waals surface area contributed by atoms with Gasteiger partial charge < -0.3 is 15.4 Å². The molecular weight excluding hydrogens is 426 g/mol. The minimum Gasteiger partial charge on any atom is -0.483 e. The van der Waals surface area contributed by atoms with Crippen LogP contribution in [0.2, 0.25) is 5.02 Å². The number of para-hydroxylation sites is 2. The van der Waals surface area contributed by atoms with Crippen LogP contribution in [0.15, 0.2) is 78.4 Å². The Kier molecular flexibility index (Phi) is 7.63. The van der Waals surface area contributed by atoms with Gasteiger partial charge in [-0.25, -0.2) is 0 Å². The van der Waals surface area contributed by atoms with E-state index in [1.807, 2.05) is 37.3 Å². The summed E-state index contributed by atoms with van der Waals surface area (Å²) in [5.41, 5.74) is 2.46. The van der Waals surface area contributed by atoms with Crippen LogP contribution in [-0.4, -0.2) is 18.4 Å². The van der Waals surface area contributed by atoms with Crippen LogP contribution < -0.4 is 15.4 Å². The molecule has 2 amide bonds. The van der Waals surface area contributed by atoms with Gasteiger partial charge in [0.1, 0.15) is 17.4 Å². The predicted molar refractivity (Wildman–Crippen MR) is 125 cm³/mol. The SMILES string of the molecule is Cc1ccccc1NC(=O)COc1ccc(Cl)cc1/C=C(\C#N)C(=O)Nc1ccccc1. The predicted octanol–water partition coefficient (Wildman–Crippen LogP) is 5.21. The average Bonchev–Trinajstić information content (AvgIpc) is 2.79. The zero-order valence-electron chi connectivity index (χ0n) is 17.3. The fourth-order valence-corrected chi connectivity index (χ4v) is 3.01. The number of nitrogens with zero attached hydrogens (tertiary/aromatic N) is 1. The zero-order chi connectivity index (χ0) is 22.9. The average molecular weight is 446 g/mol. The Hall–Kier alpha value is -4.08. The normalized spacial score (nSPS) is 10.7. The number of carbonyl (C=O) groups excluding carboxylic acids is 2. The van der Waals surface area contributed by atoms with E-state index < -0.39 is 5.91 Å². The molecule has 0 unspecified atom stereocenters. The summed E-state index contributed by atoms with van der Waals surface area (Å²) in [7, 11) is 0. The summed E-state index contributed by atoms with van der Waals surface area (Å²) in [4.78, 5) is 24.8. The molecule has 3 aromatic rings. The number of halogens is 1. The Bertz CT molecular complexity index is 1200. The van der Waals surface area contributed by atoms with Gasteiger partial charge in [-0.3, -0.25) is 9.59 Å². The van der Waals surface area contributed by atoms with Crippen molar-refractivity contribution < 1.29 is 14.3 Å². The van der Waals surface area contributed by atoms with Crippen LogP contribution in [0.1, 0.15) is 11.1 Å². The lowest BCUT2D eigenvalue weighted by atomic mass is 10.1. The third-order valence-corrected chi connectivity index (χ3v) is 4.68. The first-order chi connectivity index (χ1) is 15.5. The van der Waals surface area contributed by atoms with Crippen LogP contribution in [0.25, 0.3) is 6.08 Å². The highest BCUT2D eigenvalue weighted by Gasteiger charge is 2.13. The lowest BCUT2D eigenvalue weighted by Crippen LogP contribution is -2.21. The Morgan fingerprint density at radius 1 is 1.03 bits per heavy atom.